The van der Waals surface area contributed by atoms with Gasteiger partial charge in [-0.15, -0.1) is 0 Å². The van der Waals surface area contributed by atoms with Crippen molar-refractivity contribution in [1.82, 2.24) is 25.9 Å². The fourth-order valence-corrected chi connectivity index (χ4v) is 4.27. The molecule has 1 aliphatic carbocycles. The molecule has 0 spiro atoms. The summed E-state index contributed by atoms with van der Waals surface area (Å²) in [5.41, 5.74) is 0.984. The van der Waals surface area contributed by atoms with Crippen LogP contribution in [-0.4, -0.2) is 59.7 Å². The number of hydrogen-bond donors (Lipinski definition) is 4. The molecule has 1 saturated carbocycles. The van der Waals surface area contributed by atoms with E-state index in [1.54, 1.807) is 18.3 Å². The van der Waals surface area contributed by atoms with E-state index in [1.165, 1.54) is 7.11 Å². The van der Waals surface area contributed by atoms with Crippen molar-refractivity contribution < 1.29 is 23.9 Å². The first-order chi connectivity index (χ1) is 16.0. The van der Waals surface area contributed by atoms with Gasteiger partial charge in [-0.25, -0.2) is 4.98 Å². The number of amides is 3. The second-order valence-corrected chi connectivity index (χ2v) is 8.79. The van der Waals surface area contributed by atoms with E-state index in [0.29, 0.717) is 48.4 Å². The topological polar surface area (TPSA) is 142 Å². The number of aromatic amines is 1. The third-order valence-electron chi connectivity index (χ3n) is 6.27. The van der Waals surface area contributed by atoms with Crippen LogP contribution in [0.15, 0.2) is 18.3 Å². The molecule has 3 heterocycles. The number of carbonyl (C=O) groups is 4. The van der Waals surface area contributed by atoms with Gasteiger partial charge in [0.05, 0.1) is 24.1 Å². The minimum absolute atomic E-state index is 0.0890. The quantitative estimate of drug-likeness (QED) is 0.395. The van der Waals surface area contributed by atoms with E-state index in [4.69, 9.17) is 4.74 Å². The van der Waals surface area contributed by atoms with E-state index in [-0.39, 0.29) is 23.9 Å². The molecule has 3 atom stereocenters. The van der Waals surface area contributed by atoms with Crippen LogP contribution in [0.4, 0.5) is 0 Å². The lowest BCUT2D eigenvalue weighted by molar-refractivity contribution is -0.129. The third kappa shape index (κ3) is 5.50. The molecule has 1 saturated heterocycles. The Morgan fingerprint density at radius 3 is 2.79 bits per heavy atom. The maximum Gasteiger partial charge on any atom is 0.268 e. The van der Waals surface area contributed by atoms with Crippen LogP contribution < -0.4 is 20.7 Å². The van der Waals surface area contributed by atoms with Gasteiger partial charge in [0.15, 0.2) is 0 Å². The smallest absolute Gasteiger partial charge is 0.268 e. The molecule has 4 N–H and O–H groups in total. The molecular weight excluding hydrogens is 426 g/mol. The standard InChI is InChI=1S/C23H29N5O5/c1-33-23-16-11-19(27-17(16)6-8-25-23)22(32)28-18(9-13-4-5-13)21(31)26-15(12-29)10-14-3-2-7-24-20(14)30/h6,8,11-15,18,27H,2-5,7,9-10H2,1H3,(H,24,30)(H,26,31)(H,28,32). The third-order valence-corrected chi connectivity index (χ3v) is 6.27. The lowest BCUT2D eigenvalue weighted by atomic mass is 9.92. The van der Waals surface area contributed by atoms with E-state index in [2.05, 4.69) is 25.9 Å². The number of aldehydes is 1. The molecule has 0 bridgehead atoms. The average Bonchev–Trinajstić information content (AvgIpc) is 3.53. The van der Waals surface area contributed by atoms with Crippen molar-refractivity contribution in [2.75, 3.05) is 13.7 Å². The largest absolute Gasteiger partial charge is 0.481 e. The van der Waals surface area contributed by atoms with Crippen LogP contribution >= 0.6 is 0 Å². The lowest BCUT2D eigenvalue weighted by Crippen LogP contribution is -2.51. The van der Waals surface area contributed by atoms with Crippen molar-refractivity contribution >= 4 is 34.9 Å². The summed E-state index contributed by atoms with van der Waals surface area (Å²) in [7, 11) is 1.50. The maximum atomic E-state index is 13.0. The van der Waals surface area contributed by atoms with Crippen LogP contribution in [0.1, 0.15) is 49.0 Å². The molecule has 2 aliphatic rings. The predicted octanol–water partition coefficient (Wildman–Crippen LogP) is 1.07. The van der Waals surface area contributed by atoms with Crippen molar-refractivity contribution in [3.63, 3.8) is 0 Å². The maximum absolute atomic E-state index is 13.0. The highest BCUT2D eigenvalue weighted by Gasteiger charge is 2.33. The zero-order valence-corrected chi connectivity index (χ0v) is 18.6. The van der Waals surface area contributed by atoms with Gasteiger partial charge in [-0.3, -0.25) is 14.4 Å². The summed E-state index contributed by atoms with van der Waals surface area (Å²) in [6.07, 6.45) is 6.54. The fraction of sp³-hybridized carbons (Fsp3) is 0.522. The van der Waals surface area contributed by atoms with E-state index >= 15 is 0 Å². The molecule has 3 unspecified atom stereocenters. The van der Waals surface area contributed by atoms with Gasteiger partial charge >= 0.3 is 0 Å². The summed E-state index contributed by atoms with van der Waals surface area (Å²) in [4.78, 5) is 56.8. The normalized spacial score (nSPS) is 19.9. The number of piperidine rings is 1. The minimum atomic E-state index is -0.784. The number of methoxy groups -OCH3 is 1. The Bertz CT molecular complexity index is 1050. The SMILES string of the molecule is COc1nccc2[nH]c(C(=O)NC(CC3CC3)C(=O)NC(C=O)CC3CCCNC3=O)cc12. The molecule has 10 heteroatoms. The first-order valence-electron chi connectivity index (χ1n) is 11.3. The van der Waals surface area contributed by atoms with Gasteiger partial charge in [-0.1, -0.05) is 12.8 Å². The van der Waals surface area contributed by atoms with Crippen LogP contribution in [0.25, 0.3) is 10.9 Å². The van der Waals surface area contributed by atoms with Crippen molar-refractivity contribution in [1.29, 1.82) is 0 Å². The molecule has 176 valence electrons. The molecule has 3 amide bonds. The molecule has 4 rings (SSSR count). The number of hydrogen-bond acceptors (Lipinski definition) is 6. The first-order valence-corrected chi connectivity index (χ1v) is 11.3. The molecule has 10 nitrogen and oxygen atoms in total. The van der Waals surface area contributed by atoms with Gasteiger partial charge in [-0.05, 0) is 43.7 Å². The predicted molar refractivity (Wildman–Crippen MR) is 120 cm³/mol. The Balaban J connectivity index is 1.43. The van der Waals surface area contributed by atoms with Crippen LogP contribution in [0.3, 0.4) is 0 Å². The van der Waals surface area contributed by atoms with Crippen molar-refractivity contribution in [3.8, 4) is 5.88 Å². The number of nitrogens with zero attached hydrogens (tertiary/aromatic N) is 1. The van der Waals surface area contributed by atoms with Crippen LogP contribution in [0, 0.1) is 11.8 Å². The first kappa shape index (κ1) is 22.8. The number of carbonyl (C=O) groups excluding carboxylic acids is 4. The second kappa shape index (κ2) is 10.0. The molecule has 2 fully saturated rings. The molecular formula is C23H29N5O5. The van der Waals surface area contributed by atoms with Gasteiger partial charge in [0.25, 0.3) is 5.91 Å². The second-order valence-electron chi connectivity index (χ2n) is 8.79. The Kier molecular flexibility index (Phi) is 6.90. The number of H-pyrrole nitrogens is 1. The number of fused-ring (bicyclic) bond motifs is 1. The van der Waals surface area contributed by atoms with E-state index < -0.39 is 23.9 Å². The van der Waals surface area contributed by atoms with Crippen molar-refractivity contribution in [3.05, 3.63) is 24.0 Å². The highest BCUT2D eigenvalue weighted by Crippen LogP contribution is 2.33. The van der Waals surface area contributed by atoms with Crippen molar-refractivity contribution in [2.45, 2.75) is 50.6 Å². The average molecular weight is 456 g/mol. The Morgan fingerprint density at radius 2 is 2.09 bits per heavy atom. The van der Waals surface area contributed by atoms with E-state index in [0.717, 1.165) is 19.3 Å². The molecule has 0 radical (unpaired) electrons. The monoisotopic (exact) mass is 455 g/mol. The van der Waals surface area contributed by atoms with Crippen LogP contribution in [-0.2, 0) is 14.4 Å². The van der Waals surface area contributed by atoms with Gasteiger partial charge in [-0.2, -0.15) is 0 Å². The van der Waals surface area contributed by atoms with Crippen molar-refractivity contribution in [2.24, 2.45) is 11.8 Å². The molecule has 2 aromatic heterocycles. The summed E-state index contributed by atoms with van der Waals surface area (Å²) >= 11 is 0. The zero-order chi connectivity index (χ0) is 23.4. The summed E-state index contributed by atoms with van der Waals surface area (Å²) in [6.45, 7) is 0.638. The van der Waals surface area contributed by atoms with E-state index in [1.807, 2.05) is 0 Å². The molecule has 2 aromatic rings. The highest BCUT2D eigenvalue weighted by atomic mass is 16.5. The van der Waals surface area contributed by atoms with Gasteiger partial charge in [0, 0.05) is 18.7 Å². The summed E-state index contributed by atoms with van der Waals surface area (Å²) in [6, 6.07) is 1.81. The number of nitrogens with one attached hydrogen (secondary N) is 4. The van der Waals surface area contributed by atoms with Crippen LogP contribution in [0.5, 0.6) is 5.88 Å². The van der Waals surface area contributed by atoms with Gasteiger partial charge in [0.2, 0.25) is 17.7 Å². The van der Waals surface area contributed by atoms with E-state index in [9.17, 15) is 19.2 Å². The molecule has 1 aliphatic heterocycles. The number of rotatable bonds is 10. The van der Waals surface area contributed by atoms with Crippen LogP contribution in [0.2, 0.25) is 0 Å². The lowest BCUT2D eigenvalue weighted by Gasteiger charge is -2.26. The number of ether oxygens (including phenoxy) is 1. The Morgan fingerprint density at radius 1 is 1.27 bits per heavy atom. The summed E-state index contributed by atoms with van der Waals surface area (Å²) < 4.78 is 5.24. The Labute approximate surface area is 191 Å². The fourth-order valence-electron chi connectivity index (χ4n) is 4.27. The summed E-state index contributed by atoms with van der Waals surface area (Å²) in [5.74, 6) is -0.473. The number of aromatic nitrogens is 2. The molecule has 0 aromatic carbocycles. The number of pyridine rings is 1. The van der Waals surface area contributed by atoms with Gasteiger partial charge < -0.3 is 30.5 Å². The zero-order valence-electron chi connectivity index (χ0n) is 18.6. The molecule has 33 heavy (non-hydrogen) atoms. The van der Waals surface area contributed by atoms with Gasteiger partial charge in [0.1, 0.15) is 18.0 Å². The summed E-state index contributed by atoms with van der Waals surface area (Å²) in [5, 5.41) is 8.99. The minimum Gasteiger partial charge on any atom is -0.481 e. The highest BCUT2D eigenvalue weighted by molar-refractivity contribution is 6.01. The Hall–Kier alpha value is -3.43.